The van der Waals surface area contributed by atoms with E-state index in [4.69, 9.17) is 4.74 Å². The summed E-state index contributed by atoms with van der Waals surface area (Å²) in [5.74, 6) is 0.334. The molecule has 0 saturated carbocycles. The third kappa shape index (κ3) is 4.19. The lowest BCUT2D eigenvalue weighted by Gasteiger charge is -2.24. The maximum Gasteiger partial charge on any atom is 0.254 e. The molecule has 1 aliphatic heterocycles. The van der Waals surface area contributed by atoms with Gasteiger partial charge in [-0.15, -0.1) is 0 Å². The van der Waals surface area contributed by atoms with Crippen molar-refractivity contribution in [2.75, 3.05) is 13.1 Å². The van der Waals surface area contributed by atoms with E-state index in [0.29, 0.717) is 30.0 Å². The van der Waals surface area contributed by atoms with Crippen molar-refractivity contribution >= 4 is 15.7 Å². The number of hydrogen-bond acceptors (Lipinski definition) is 4. The first-order valence-electron chi connectivity index (χ1n) is 9.14. The van der Waals surface area contributed by atoms with Gasteiger partial charge < -0.3 is 9.64 Å². The van der Waals surface area contributed by atoms with E-state index in [-0.39, 0.29) is 18.3 Å². The molecule has 0 aliphatic carbocycles. The fraction of sp³-hybridized carbons (Fsp3) is 0.381. The zero-order chi connectivity index (χ0) is 20.5. The van der Waals surface area contributed by atoms with Crippen LogP contribution in [0.2, 0.25) is 0 Å². The van der Waals surface area contributed by atoms with Crippen molar-refractivity contribution in [2.24, 2.45) is 0 Å². The highest BCUT2D eigenvalue weighted by molar-refractivity contribution is 7.93. The number of hydrogen-bond donors (Lipinski definition) is 0. The zero-order valence-corrected chi connectivity index (χ0v) is 17.0. The van der Waals surface area contributed by atoms with Crippen LogP contribution >= 0.6 is 0 Å². The average Bonchev–Trinajstić information content (AvgIpc) is 3.13. The molecule has 0 radical (unpaired) electrons. The standard InChI is InChI=1S/C21H24FNO4S/c1-21(2,3)28(25,26)19-11-12-23(14-19)20(24)15-5-4-6-18(13-15)27-17-9-7-16(22)8-10-17/h4-10,13,19H,11-12,14H2,1-3H3/t19-/m0/s1. The first-order chi connectivity index (χ1) is 13.1. The van der Waals surface area contributed by atoms with Crippen molar-refractivity contribution < 1.29 is 22.3 Å². The molecule has 150 valence electrons. The molecule has 1 atom stereocenters. The Hall–Kier alpha value is -2.41. The second kappa shape index (κ2) is 7.54. The van der Waals surface area contributed by atoms with Crippen molar-refractivity contribution in [1.29, 1.82) is 0 Å². The Morgan fingerprint density at radius 3 is 2.43 bits per heavy atom. The van der Waals surface area contributed by atoms with Crippen molar-refractivity contribution in [3.63, 3.8) is 0 Å². The van der Waals surface area contributed by atoms with Crippen LogP contribution in [0.5, 0.6) is 11.5 Å². The van der Waals surface area contributed by atoms with E-state index in [1.54, 1.807) is 49.9 Å². The normalized spacial score (nSPS) is 17.6. The SMILES string of the molecule is CC(C)(C)S(=O)(=O)[C@H]1CCN(C(=O)c2cccc(Oc3ccc(F)cc3)c2)C1. The van der Waals surface area contributed by atoms with Gasteiger partial charge in [0.25, 0.3) is 5.91 Å². The van der Waals surface area contributed by atoms with Gasteiger partial charge in [0.2, 0.25) is 0 Å². The predicted molar refractivity (Wildman–Crippen MR) is 106 cm³/mol. The number of carbonyl (C=O) groups excluding carboxylic acids is 1. The van der Waals surface area contributed by atoms with Gasteiger partial charge in [0.05, 0.1) is 10.00 Å². The third-order valence-electron chi connectivity index (χ3n) is 4.85. The predicted octanol–water partition coefficient (Wildman–Crippen LogP) is 4.05. The molecule has 5 nitrogen and oxygen atoms in total. The van der Waals surface area contributed by atoms with Crippen LogP contribution in [0.15, 0.2) is 48.5 Å². The highest BCUT2D eigenvalue weighted by Crippen LogP contribution is 2.29. The Balaban J connectivity index is 1.72. The minimum Gasteiger partial charge on any atom is -0.457 e. The van der Waals surface area contributed by atoms with Crippen LogP contribution in [0.3, 0.4) is 0 Å². The highest BCUT2D eigenvalue weighted by atomic mass is 32.2. The Morgan fingerprint density at radius 2 is 1.79 bits per heavy atom. The van der Waals surface area contributed by atoms with Crippen LogP contribution in [-0.4, -0.2) is 42.3 Å². The highest BCUT2D eigenvalue weighted by Gasteiger charge is 2.41. The first kappa shape index (κ1) is 20.3. The van der Waals surface area contributed by atoms with Crippen LogP contribution < -0.4 is 4.74 Å². The molecule has 0 aromatic heterocycles. The number of benzene rings is 2. The molecule has 1 saturated heterocycles. The van der Waals surface area contributed by atoms with E-state index < -0.39 is 19.8 Å². The molecular formula is C21H24FNO4S. The second-order valence-electron chi connectivity index (χ2n) is 7.90. The zero-order valence-electron chi connectivity index (χ0n) is 16.2. The summed E-state index contributed by atoms with van der Waals surface area (Å²) >= 11 is 0. The molecule has 1 aliphatic rings. The number of carbonyl (C=O) groups is 1. The number of amides is 1. The molecule has 1 heterocycles. The number of likely N-dealkylation sites (tertiary alicyclic amines) is 1. The average molecular weight is 405 g/mol. The van der Waals surface area contributed by atoms with E-state index in [9.17, 15) is 17.6 Å². The molecule has 28 heavy (non-hydrogen) atoms. The Morgan fingerprint density at radius 1 is 1.11 bits per heavy atom. The minimum absolute atomic E-state index is 0.196. The van der Waals surface area contributed by atoms with Crippen LogP contribution in [0.4, 0.5) is 4.39 Å². The van der Waals surface area contributed by atoms with Crippen LogP contribution in [-0.2, 0) is 9.84 Å². The largest absolute Gasteiger partial charge is 0.457 e. The molecule has 0 spiro atoms. The number of ether oxygens (including phenoxy) is 1. The lowest BCUT2D eigenvalue weighted by molar-refractivity contribution is 0.0792. The fourth-order valence-electron chi connectivity index (χ4n) is 3.18. The van der Waals surface area contributed by atoms with Crippen molar-refractivity contribution in [2.45, 2.75) is 37.2 Å². The second-order valence-corrected chi connectivity index (χ2v) is 10.9. The summed E-state index contributed by atoms with van der Waals surface area (Å²) in [6.07, 6.45) is 0.442. The summed E-state index contributed by atoms with van der Waals surface area (Å²) in [6.45, 7) is 5.65. The molecular weight excluding hydrogens is 381 g/mol. The van der Waals surface area contributed by atoms with Gasteiger partial charge in [-0.2, -0.15) is 0 Å². The van der Waals surface area contributed by atoms with Crippen molar-refractivity contribution in [1.82, 2.24) is 4.90 Å². The molecule has 1 fully saturated rings. The molecule has 2 aromatic rings. The summed E-state index contributed by atoms with van der Waals surface area (Å²) in [5, 5.41) is -0.546. The summed E-state index contributed by atoms with van der Waals surface area (Å²) in [5.41, 5.74) is 0.424. The monoisotopic (exact) mass is 405 g/mol. The maximum atomic E-state index is 13.0. The topological polar surface area (TPSA) is 63.7 Å². The molecule has 7 heteroatoms. The van der Waals surface area contributed by atoms with Crippen LogP contribution in [0.1, 0.15) is 37.6 Å². The molecule has 0 bridgehead atoms. The fourth-order valence-corrected chi connectivity index (χ4v) is 4.97. The number of rotatable bonds is 4. The molecule has 3 rings (SSSR count). The number of sulfone groups is 1. The van der Waals surface area contributed by atoms with Gasteiger partial charge in [0.15, 0.2) is 9.84 Å². The van der Waals surface area contributed by atoms with E-state index in [1.807, 2.05) is 0 Å². The van der Waals surface area contributed by atoms with Gasteiger partial charge in [0.1, 0.15) is 17.3 Å². The van der Waals surface area contributed by atoms with Crippen molar-refractivity contribution in [3.8, 4) is 11.5 Å². The Bertz CT molecular complexity index is 965. The first-order valence-corrected chi connectivity index (χ1v) is 10.7. The van der Waals surface area contributed by atoms with Gasteiger partial charge >= 0.3 is 0 Å². The smallest absolute Gasteiger partial charge is 0.254 e. The van der Waals surface area contributed by atoms with Gasteiger partial charge in [-0.05, 0) is 69.7 Å². The van der Waals surface area contributed by atoms with E-state index in [0.717, 1.165) is 0 Å². The number of halogens is 1. The third-order valence-corrected chi connectivity index (χ3v) is 7.82. The Kier molecular flexibility index (Phi) is 5.48. The minimum atomic E-state index is -3.33. The summed E-state index contributed by atoms with van der Waals surface area (Å²) in [6, 6.07) is 12.3. The summed E-state index contributed by atoms with van der Waals surface area (Å²) in [7, 11) is -3.33. The maximum absolute atomic E-state index is 13.0. The lowest BCUT2D eigenvalue weighted by Crippen LogP contribution is -2.39. The molecule has 0 unspecified atom stereocenters. The van der Waals surface area contributed by atoms with E-state index >= 15 is 0 Å². The van der Waals surface area contributed by atoms with Gasteiger partial charge in [-0.1, -0.05) is 6.07 Å². The van der Waals surface area contributed by atoms with E-state index in [1.165, 1.54) is 24.3 Å². The van der Waals surface area contributed by atoms with Crippen LogP contribution in [0, 0.1) is 5.82 Å². The van der Waals surface area contributed by atoms with Gasteiger partial charge in [0, 0.05) is 18.7 Å². The number of nitrogens with zero attached hydrogens (tertiary/aromatic N) is 1. The summed E-state index contributed by atoms with van der Waals surface area (Å²) < 4.78 is 43.1. The van der Waals surface area contributed by atoms with Gasteiger partial charge in [-0.25, -0.2) is 12.8 Å². The van der Waals surface area contributed by atoms with Crippen LogP contribution in [0.25, 0.3) is 0 Å². The van der Waals surface area contributed by atoms with Crippen molar-refractivity contribution in [3.05, 3.63) is 59.9 Å². The molecule has 0 N–H and O–H groups in total. The quantitative estimate of drug-likeness (QED) is 0.770. The molecule has 1 amide bonds. The molecule has 2 aromatic carbocycles. The van der Waals surface area contributed by atoms with Gasteiger partial charge in [-0.3, -0.25) is 4.79 Å². The lowest BCUT2D eigenvalue weighted by atomic mass is 10.2. The Labute approximate surface area is 165 Å². The van der Waals surface area contributed by atoms with E-state index in [2.05, 4.69) is 0 Å². The summed E-state index contributed by atoms with van der Waals surface area (Å²) in [4.78, 5) is 14.4.